The molecule has 1 amide bonds. The third-order valence-electron chi connectivity index (χ3n) is 3.19. The Bertz CT molecular complexity index is 698. The van der Waals surface area contributed by atoms with Crippen LogP contribution in [0.4, 0.5) is 0 Å². The normalized spacial score (nSPS) is 16.8. The van der Waals surface area contributed by atoms with Gasteiger partial charge in [0.05, 0.1) is 18.5 Å². The Morgan fingerprint density at radius 3 is 2.45 bits per heavy atom. The molecular weight excluding hydrogens is 294 g/mol. The van der Waals surface area contributed by atoms with E-state index in [4.69, 9.17) is 0 Å². The van der Waals surface area contributed by atoms with Crippen molar-refractivity contribution in [3.05, 3.63) is 71.8 Å². The molecule has 5 heteroatoms. The maximum absolute atomic E-state index is 12.0. The van der Waals surface area contributed by atoms with Crippen LogP contribution in [0.25, 0.3) is 0 Å². The molecule has 2 aromatic carbocycles. The van der Waals surface area contributed by atoms with Crippen molar-refractivity contribution in [2.45, 2.75) is 6.54 Å². The topological polar surface area (TPSA) is 45.0 Å². The number of hydrogen-bond donors (Lipinski definition) is 0. The van der Waals surface area contributed by atoms with Crippen LogP contribution in [0.15, 0.2) is 70.9 Å². The van der Waals surface area contributed by atoms with Gasteiger partial charge in [0.15, 0.2) is 5.17 Å². The van der Waals surface area contributed by atoms with E-state index in [2.05, 4.69) is 10.2 Å². The molecule has 0 aliphatic carbocycles. The Morgan fingerprint density at radius 1 is 1.05 bits per heavy atom. The summed E-state index contributed by atoms with van der Waals surface area (Å²) in [5.74, 6) is 0.495. The fraction of sp³-hybridized carbons (Fsp3) is 0.118. The van der Waals surface area contributed by atoms with Crippen LogP contribution in [0.2, 0.25) is 0 Å². The highest BCUT2D eigenvalue weighted by Gasteiger charge is 2.28. The number of amidine groups is 1. The molecule has 22 heavy (non-hydrogen) atoms. The van der Waals surface area contributed by atoms with Gasteiger partial charge in [-0.3, -0.25) is 9.69 Å². The van der Waals surface area contributed by atoms with Gasteiger partial charge in [-0.05, 0) is 11.1 Å². The second-order valence-corrected chi connectivity index (χ2v) is 5.73. The number of nitrogens with zero attached hydrogens (tertiary/aromatic N) is 3. The smallest absolute Gasteiger partial charge is 0.239 e. The average Bonchev–Trinajstić information content (AvgIpc) is 2.90. The quantitative estimate of drug-likeness (QED) is 0.643. The molecule has 1 aliphatic heterocycles. The summed E-state index contributed by atoms with van der Waals surface area (Å²) in [7, 11) is 0. The van der Waals surface area contributed by atoms with E-state index in [1.165, 1.54) is 11.8 Å². The van der Waals surface area contributed by atoms with E-state index in [1.807, 2.05) is 60.7 Å². The minimum Gasteiger partial charge on any atom is -0.285 e. The Labute approximate surface area is 133 Å². The zero-order valence-corrected chi connectivity index (χ0v) is 12.7. The molecule has 4 nitrogen and oxygen atoms in total. The van der Waals surface area contributed by atoms with Gasteiger partial charge in [0.2, 0.25) is 5.91 Å². The molecule has 1 fully saturated rings. The summed E-state index contributed by atoms with van der Waals surface area (Å²) in [6, 6.07) is 19.7. The van der Waals surface area contributed by atoms with E-state index < -0.39 is 0 Å². The fourth-order valence-corrected chi connectivity index (χ4v) is 2.91. The first-order valence-corrected chi connectivity index (χ1v) is 7.94. The van der Waals surface area contributed by atoms with Crippen molar-refractivity contribution in [3.63, 3.8) is 0 Å². The maximum atomic E-state index is 12.0. The summed E-state index contributed by atoms with van der Waals surface area (Å²) < 4.78 is 0. The number of carbonyl (C=O) groups is 1. The lowest BCUT2D eigenvalue weighted by molar-refractivity contribution is -0.124. The van der Waals surface area contributed by atoms with Crippen LogP contribution in [-0.4, -0.2) is 27.9 Å². The molecule has 0 unspecified atom stereocenters. The molecule has 1 saturated heterocycles. The molecule has 0 spiro atoms. The first-order valence-electron chi connectivity index (χ1n) is 6.96. The molecular formula is C17H15N3OS. The zero-order chi connectivity index (χ0) is 15.2. The lowest BCUT2D eigenvalue weighted by Crippen LogP contribution is -2.28. The fourth-order valence-electron chi connectivity index (χ4n) is 2.08. The van der Waals surface area contributed by atoms with E-state index in [9.17, 15) is 4.79 Å². The summed E-state index contributed by atoms with van der Waals surface area (Å²) in [6.07, 6.45) is 1.69. The van der Waals surface area contributed by atoms with Crippen molar-refractivity contribution in [3.8, 4) is 0 Å². The third-order valence-corrected chi connectivity index (χ3v) is 4.14. The van der Waals surface area contributed by atoms with Gasteiger partial charge < -0.3 is 0 Å². The lowest BCUT2D eigenvalue weighted by atomic mass is 10.2. The standard InChI is InChI=1S/C17H15N3OS/c21-16-13-22-17(19-18-11-14-7-3-1-4-8-14)20(16)12-15-9-5-2-6-10-15/h1-11H,12-13H2/b18-11+,19-17+. The van der Waals surface area contributed by atoms with Crippen molar-refractivity contribution < 1.29 is 4.79 Å². The molecule has 0 saturated carbocycles. The molecule has 110 valence electrons. The molecule has 1 heterocycles. The maximum Gasteiger partial charge on any atom is 0.239 e. The SMILES string of the molecule is O=C1CS/C(=N/N=C/c2ccccc2)N1Cc1ccccc1. The molecule has 0 atom stereocenters. The van der Waals surface area contributed by atoms with Gasteiger partial charge in [-0.25, -0.2) is 0 Å². The summed E-state index contributed by atoms with van der Waals surface area (Å²) in [5, 5.41) is 8.95. The first-order chi connectivity index (χ1) is 10.8. The van der Waals surface area contributed by atoms with E-state index in [0.29, 0.717) is 17.5 Å². The Hall–Kier alpha value is -2.40. The molecule has 1 aliphatic rings. The van der Waals surface area contributed by atoms with Gasteiger partial charge in [-0.2, -0.15) is 5.10 Å². The molecule has 0 N–H and O–H groups in total. The summed E-state index contributed by atoms with van der Waals surface area (Å²) in [5.41, 5.74) is 2.06. The highest BCUT2D eigenvalue weighted by molar-refractivity contribution is 8.15. The lowest BCUT2D eigenvalue weighted by Gasteiger charge is -2.14. The molecule has 0 aromatic heterocycles. The minimum atomic E-state index is 0.0718. The Morgan fingerprint density at radius 2 is 1.73 bits per heavy atom. The molecule has 2 aromatic rings. The van der Waals surface area contributed by atoms with Crippen LogP contribution in [0, 0.1) is 0 Å². The number of thioether (sulfide) groups is 1. The van der Waals surface area contributed by atoms with Crippen molar-refractivity contribution in [1.82, 2.24) is 4.90 Å². The number of amides is 1. The van der Waals surface area contributed by atoms with Gasteiger partial charge in [0.1, 0.15) is 0 Å². The van der Waals surface area contributed by atoms with Crippen molar-refractivity contribution >= 4 is 29.1 Å². The van der Waals surface area contributed by atoms with E-state index >= 15 is 0 Å². The highest BCUT2D eigenvalue weighted by atomic mass is 32.2. The van der Waals surface area contributed by atoms with Crippen LogP contribution in [0.1, 0.15) is 11.1 Å². The minimum absolute atomic E-state index is 0.0718. The van der Waals surface area contributed by atoms with Crippen LogP contribution < -0.4 is 0 Å². The van der Waals surface area contributed by atoms with Gasteiger partial charge in [0.25, 0.3) is 0 Å². The van der Waals surface area contributed by atoms with Gasteiger partial charge in [-0.15, -0.1) is 5.10 Å². The summed E-state index contributed by atoms with van der Waals surface area (Å²) >= 11 is 1.43. The number of rotatable bonds is 4. The van der Waals surface area contributed by atoms with Crippen molar-refractivity contribution in [1.29, 1.82) is 0 Å². The molecule has 3 rings (SSSR count). The van der Waals surface area contributed by atoms with E-state index in [1.54, 1.807) is 11.1 Å². The van der Waals surface area contributed by atoms with Crippen LogP contribution in [0.3, 0.4) is 0 Å². The van der Waals surface area contributed by atoms with Crippen LogP contribution >= 0.6 is 11.8 Å². The van der Waals surface area contributed by atoms with E-state index in [-0.39, 0.29) is 5.91 Å². The highest BCUT2D eigenvalue weighted by Crippen LogP contribution is 2.21. The monoisotopic (exact) mass is 309 g/mol. The second-order valence-electron chi connectivity index (χ2n) is 4.79. The third kappa shape index (κ3) is 3.62. The van der Waals surface area contributed by atoms with Crippen molar-refractivity contribution in [2.75, 3.05) is 5.75 Å². The van der Waals surface area contributed by atoms with Crippen molar-refractivity contribution in [2.24, 2.45) is 10.2 Å². The molecule has 0 radical (unpaired) electrons. The Balaban J connectivity index is 1.73. The summed E-state index contributed by atoms with van der Waals surface area (Å²) in [4.78, 5) is 13.7. The largest absolute Gasteiger partial charge is 0.285 e. The molecule has 0 bridgehead atoms. The predicted molar refractivity (Wildman–Crippen MR) is 90.9 cm³/mol. The number of carbonyl (C=O) groups excluding carboxylic acids is 1. The van der Waals surface area contributed by atoms with Gasteiger partial charge >= 0.3 is 0 Å². The number of benzene rings is 2. The zero-order valence-electron chi connectivity index (χ0n) is 11.9. The second kappa shape index (κ2) is 7.04. The van der Waals surface area contributed by atoms with Gasteiger partial charge in [-0.1, -0.05) is 72.4 Å². The average molecular weight is 309 g/mol. The number of hydrogen-bond acceptors (Lipinski definition) is 4. The summed E-state index contributed by atoms with van der Waals surface area (Å²) in [6.45, 7) is 0.534. The Kier molecular flexibility index (Phi) is 4.65. The predicted octanol–water partition coefficient (Wildman–Crippen LogP) is 3.15. The van der Waals surface area contributed by atoms with E-state index in [0.717, 1.165) is 11.1 Å². The van der Waals surface area contributed by atoms with Gasteiger partial charge in [0, 0.05) is 0 Å². The van der Waals surface area contributed by atoms with Crippen LogP contribution in [-0.2, 0) is 11.3 Å². The van der Waals surface area contributed by atoms with Crippen LogP contribution in [0.5, 0.6) is 0 Å². The first kappa shape index (κ1) is 14.5.